The zero-order valence-electron chi connectivity index (χ0n) is 31.2. The van der Waals surface area contributed by atoms with Crippen molar-refractivity contribution in [2.45, 2.75) is 37.8 Å². The average Bonchev–Trinajstić information content (AvgIpc) is 3.86. The number of thiazole rings is 2. The van der Waals surface area contributed by atoms with Gasteiger partial charge in [0.25, 0.3) is 0 Å². The molecule has 0 spiro atoms. The van der Waals surface area contributed by atoms with E-state index < -0.39 is 64.4 Å². The number of benzene rings is 4. The summed E-state index contributed by atoms with van der Waals surface area (Å²) in [6.45, 7) is 7.72. The molecule has 2 aromatic heterocycles. The number of hydrogen-bond donors (Lipinski definition) is 3. The number of halogens is 4. The van der Waals surface area contributed by atoms with Crippen molar-refractivity contribution in [1.29, 1.82) is 0 Å². The lowest BCUT2D eigenvalue weighted by Crippen LogP contribution is -2.55. The Bertz CT molecular complexity index is 2320. The van der Waals surface area contributed by atoms with Gasteiger partial charge in [-0.05, 0) is 91.1 Å². The molecule has 59 heavy (non-hydrogen) atoms. The molecule has 3 atom stereocenters. The van der Waals surface area contributed by atoms with Gasteiger partial charge in [-0.15, -0.1) is 35.8 Å². The molecule has 0 aliphatic rings. The smallest absolute Gasteiger partial charge is 0.325 e. The highest BCUT2D eigenvalue weighted by atomic mass is 32.2. The first-order chi connectivity index (χ1) is 28.4. The second-order valence-corrected chi connectivity index (χ2v) is 15.9. The molecule has 0 aliphatic carbocycles. The molecular formula is C41H37F4N7O4S3. The Kier molecular flexibility index (Phi) is 14.3. The number of urea groups is 1. The molecule has 6 rings (SSSR count). The molecule has 0 bridgehead atoms. The van der Waals surface area contributed by atoms with E-state index in [9.17, 15) is 36.2 Å². The summed E-state index contributed by atoms with van der Waals surface area (Å²) in [7, 11) is 0. The van der Waals surface area contributed by atoms with Crippen LogP contribution in [0.25, 0.3) is 20.4 Å². The van der Waals surface area contributed by atoms with Crippen LogP contribution in [-0.2, 0) is 33.6 Å². The maximum atomic E-state index is 14.3. The van der Waals surface area contributed by atoms with E-state index in [1.54, 1.807) is 59.6 Å². The first kappa shape index (κ1) is 42.8. The highest BCUT2D eigenvalue weighted by Gasteiger charge is 2.31. The van der Waals surface area contributed by atoms with Gasteiger partial charge in [-0.25, -0.2) is 46.0 Å². The van der Waals surface area contributed by atoms with Crippen molar-refractivity contribution in [2.75, 3.05) is 22.9 Å². The Morgan fingerprint density at radius 3 is 1.58 bits per heavy atom. The Morgan fingerprint density at radius 1 is 0.678 bits per heavy atom. The molecule has 3 N–H and O–H groups in total. The Morgan fingerprint density at radius 2 is 1.12 bits per heavy atom. The minimum absolute atomic E-state index is 0.0439. The first-order valence-electron chi connectivity index (χ1n) is 18.1. The van der Waals surface area contributed by atoms with Gasteiger partial charge in [0.05, 0.1) is 31.5 Å². The summed E-state index contributed by atoms with van der Waals surface area (Å²) in [5, 5.41) is 2.48. The van der Waals surface area contributed by atoms with Crippen LogP contribution in [0.5, 0.6) is 0 Å². The SMILES string of the molecule is C=CCCN(C(=O)[C@H](Cc1cc(F)cc(F)c1)NC(=O)NS(=O)N[C@@H](Cc1cc(F)cc(F)c1)C(=O)N(CCC=C)c1ccc2scnc2c1)c1ccc2scnc2c1. The lowest BCUT2D eigenvalue weighted by Gasteiger charge is -2.29. The highest BCUT2D eigenvalue weighted by molar-refractivity contribution is 7.81. The van der Waals surface area contributed by atoms with Crippen molar-refractivity contribution in [3.8, 4) is 0 Å². The Labute approximate surface area is 347 Å². The van der Waals surface area contributed by atoms with E-state index in [0.29, 0.717) is 47.4 Å². The number of fused-ring (bicyclic) bond motifs is 2. The predicted molar refractivity (Wildman–Crippen MR) is 224 cm³/mol. The number of aromatic nitrogens is 2. The molecule has 4 amide bonds. The van der Waals surface area contributed by atoms with Gasteiger partial charge in [-0.3, -0.25) is 9.59 Å². The Hall–Kier alpha value is -5.82. The number of carbonyl (C=O) groups is 3. The number of carbonyl (C=O) groups excluding carboxylic acids is 3. The molecule has 2 heterocycles. The van der Waals surface area contributed by atoms with E-state index in [1.165, 1.54) is 32.5 Å². The summed E-state index contributed by atoms with van der Waals surface area (Å²) in [6, 6.07) is 11.8. The van der Waals surface area contributed by atoms with Gasteiger partial charge in [-0.2, -0.15) is 0 Å². The van der Waals surface area contributed by atoms with Gasteiger partial charge in [0.2, 0.25) is 11.8 Å². The van der Waals surface area contributed by atoms with Crippen molar-refractivity contribution in [3.63, 3.8) is 0 Å². The predicted octanol–water partition coefficient (Wildman–Crippen LogP) is 7.67. The molecule has 0 fully saturated rings. The van der Waals surface area contributed by atoms with Crippen molar-refractivity contribution >= 4 is 83.5 Å². The van der Waals surface area contributed by atoms with Gasteiger partial charge in [0.1, 0.15) is 35.4 Å². The Balaban J connectivity index is 1.26. The molecule has 6 aromatic rings. The molecule has 0 aliphatic heterocycles. The van der Waals surface area contributed by atoms with Crippen LogP contribution >= 0.6 is 22.7 Å². The van der Waals surface area contributed by atoms with Crippen molar-refractivity contribution in [3.05, 3.63) is 144 Å². The summed E-state index contributed by atoms with van der Waals surface area (Å²) in [5.41, 5.74) is 5.52. The maximum Gasteiger partial charge on any atom is 0.328 e. The molecular weight excluding hydrogens is 827 g/mol. The average molecular weight is 864 g/mol. The third kappa shape index (κ3) is 11.2. The summed E-state index contributed by atoms with van der Waals surface area (Å²) < 4.78 is 77.4. The molecule has 0 saturated carbocycles. The van der Waals surface area contributed by atoms with Crippen LogP contribution in [0, 0.1) is 23.3 Å². The monoisotopic (exact) mass is 863 g/mol. The van der Waals surface area contributed by atoms with Crippen LogP contribution in [0.1, 0.15) is 24.0 Å². The third-order valence-electron chi connectivity index (χ3n) is 8.96. The molecule has 18 heteroatoms. The number of rotatable bonds is 18. The van der Waals surface area contributed by atoms with Gasteiger partial charge >= 0.3 is 6.03 Å². The van der Waals surface area contributed by atoms with E-state index in [0.717, 1.165) is 33.7 Å². The second-order valence-electron chi connectivity index (χ2n) is 13.2. The molecule has 1 unspecified atom stereocenters. The summed E-state index contributed by atoms with van der Waals surface area (Å²) in [6.07, 6.45) is 3.14. The zero-order chi connectivity index (χ0) is 42.1. The van der Waals surface area contributed by atoms with E-state index in [4.69, 9.17) is 0 Å². The van der Waals surface area contributed by atoms with Crippen molar-refractivity contribution < 1.29 is 36.2 Å². The van der Waals surface area contributed by atoms with E-state index in [-0.39, 0.29) is 37.1 Å². The van der Waals surface area contributed by atoms with Crippen molar-refractivity contribution in [2.24, 2.45) is 0 Å². The van der Waals surface area contributed by atoms with Crippen molar-refractivity contribution in [1.82, 2.24) is 24.7 Å². The van der Waals surface area contributed by atoms with Gasteiger partial charge in [-0.1, -0.05) is 12.2 Å². The van der Waals surface area contributed by atoms with Gasteiger partial charge in [0, 0.05) is 43.0 Å². The standard InChI is InChI=1S/C41H37F4N7O4S3/c1-3-5-11-51(31-7-9-37-33(21-31)46-23-57-37)39(53)35(17-25-13-27(42)19-28(43)14-25)48-41(55)50-59(56)49-36(18-26-15-29(44)20-30(45)16-26)40(54)52(12-6-4-2)32-8-10-38-34(22-32)47-24-58-38/h3-4,7-10,13-16,19-24,35-36,49H,1-2,5-6,11-12,17-18H2,(H2,48,50,55)/t35-,36-,59?/m0/s1. The summed E-state index contributed by atoms with van der Waals surface area (Å²) >= 11 is 0.243. The quantitative estimate of drug-likeness (QED) is 0.0600. The maximum absolute atomic E-state index is 14.3. The fraction of sp³-hybridized carbons (Fsp3) is 0.195. The van der Waals surface area contributed by atoms with Crippen LogP contribution in [0.2, 0.25) is 0 Å². The van der Waals surface area contributed by atoms with E-state index >= 15 is 0 Å². The molecule has 0 saturated heterocycles. The fourth-order valence-electron chi connectivity index (χ4n) is 6.32. The van der Waals surface area contributed by atoms with Crippen LogP contribution in [0.3, 0.4) is 0 Å². The summed E-state index contributed by atoms with van der Waals surface area (Å²) in [5.74, 6) is -4.93. The minimum Gasteiger partial charge on any atom is -0.325 e. The van der Waals surface area contributed by atoms with Crippen LogP contribution in [0.4, 0.5) is 33.7 Å². The largest absolute Gasteiger partial charge is 0.328 e. The number of nitrogens with one attached hydrogen (secondary N) is 3. The lowest BCUT2D eigenvalue weighted by molar-refractivity contribution is -0.121. The molecule has 306 valence electrons. The van der Waals surface area contributed by atoms with E-state index in [2.05, 4.69) is 37.9 Å². The summed E-state index contributed by atoms with van der Waals surface area (Å²) in [4.78, 5) is 53.7. The third-order valence-corrected chi connectivity index (χ3v) is 11.4. The fourth-order valence-corrected chi connectivity index (χ4v) is 8.36. The normalized spacial score (nSPS) is 12.7. The number of amides is 4. The molecule has 4 aromatic carbocycles. The topological polar surface area (TPSA) is 137 Å². The second kappa shape index (κ2) is 19.8. The number of nitrogens with zero attached hydrogens (tertiary/aromatic N) is 4. The zero-order valence-corrected chi connectivity index (χ0v) is 33.7. The number of hydrogen-bond acceptors (Lipinski definition) is 8. The molecule has 11 nitrogen and oxygen atoms in total. The minimum atomic E-state index is -2.57. The van der Waals surface area contributed by atoms with Crippen LogP contribution in [-0.4, -0.2) is 57.2 Å². The number of anilines is 2. The van der Waals surface area contributed by atoms with Crippen LogP contribution in [0.15, 0.2) is 109 Å². The first-order valence-corrected chi connectivity index (χ1v) is 21.0. The lowest BCUT2D eigenvalue weighted by atomic mass is 10.0. The highest BCUT2D eigenvalue weighted by Crippen LogP contribution is 2.27. The van der Waals surface area contributed by atoms with Gasteiger partial charge < -0.3 is 15.1 Å². The molecule has 0 radical (unpaired) electrons. The van der Waals surface area contributed by atoms with Crippen LogP contribution < -0.4 is 24.6 Å². The van der Waals surface area contributed by atoms with E-state index in [1.807, 2.05) is 0 Å². The van der Waals surface area contributed by atoms with Gasteiger partial charge in [0.15, 0.2) is 11.2 Å².